The molecule has 2 aliphatic rings. The summed E-state index contributed by atoms with van der Waals surface area (Å²) in [5, 5.41) is 11.3. The van der Waals surface area contributed by atoms with Crippen molar-refractivity contribution in [1.29, 1.82) is 0 Å². The number of aromatic nitrogens is 2. The summed E-state index contributed by atoms with van der Waals surface area (Å²) in [6.45, 7) is 5.82. The highest BCUT2D eigenvalue weighted by Gasteiger charge is 2.58. The minimum absolute atomic E-state index is 0.221. The number of aryl methyl sites for hydroxylation is 1. The second kappa shape index (κ2) is 5.73. The van der Waals surface area contributed by atoms with Crippen LogP contribution < -0.4 is 0 Å². The van der Waals surface area contributed by atoms with E-state index in [9.17, 15) is 9.90 Å². The average molecular weight is 400 g/mol. The maximum absolute atomic E-state index is 12.8. The molecule has 24 heavy (non-hydrogen) atoms. The molecule has 1 aromatic heterocycles. The van der Waals surface area contributed by atoms with Crippen molar-refractivity contribution < 1.29 is 14.6 Å². The van der Waals surface area contributed by atoms with E-state index in [0.29, 0.717) is 16.8 Å². The normalized spacial score (nSPS) is 26.3. The first-order chi connectivity index (χ1) is 11.0. The van der Waals surface area contributed by atoms with Crippen LogP contribution >= 0.6 is 15.9 Å². The smallest absolute Gasteiger partial charge is 0.410 e. The van der Waals surface area contributed by atoms with Gasteiger partial charge in [-0.2, -0.15) is 0 Å². The van der Waals surface area contributed by atoms with Crippen molar-refractivity contribution in [3.63, 3.8) is 0 Å². The molecular weight excluding hydrogens is 374 g/mol. The highest BCUT2D eigenvalue weighted by atomic mass is 79.9. The predicted octanol–water partition coefficient (Wildman–Crippen LogP) is 3.32. The molecule has 1 aliphatic heterocycles. The Morgan fingerprint density at radius 2 is 2.00 bits per heavy atom. The summed E-state index contributed by atoms with van der Waals surface area (Å²) in [6.07, 6.45) is 5.94. The Labute approximate surface area is 151 Å². The Hall–Kier alpha value is -1.08. The van der Waals surface area contributed by atoms with Gasteiger partial charge in [-0.3, -0.25) is 4.90 Å². The Morgan fingerprint density at radius 3 is 2.50 bits per heavy atom. The molecule has 0 bridgehead atoms. The number of likely N-dealkylation sites (tertiary alicyclic amines) is 1. The topological polar surface area (TPSA) is 67.6 Å². The third-order valence-corrected chi connectivity index (χ3v) is 5.41. The fourth-order valence-corrected chi connectivity index (χ4v) is 4.67. The van der Waals surface area contributed by atoms with Crippen LogP contribution in [0.25, 0.3) is 0 Å². The summed E-state index contributed by atoms with van der Waals surface area (Å²) in [5.74, 6) is 0.590. The number of imidazole rings is 1. The van der Waals surface area contributed by atoms with Gasteiger partial charge < -0.3 is 14.4 Å². The quantitative estimate of drug-likeness (QED) is 0.786. The number of rotatable bonds is 1. The van der Waals surface area contributed by atoms with Gasteiger partial charge in [0.25, 0.3) is 0 Å². The molecule has 134 valence electrons. The summed E-state index contributed by atoms with van der Waals surface area (Å²) in [7, 11) is 1.86. The number of halogens is 1. The molecule has 2 heterocycles. The monoisotopic (exact) mass is 399 g/mol. The van der Waals surface area contributed by atoms with Crippen LogP contribution in [0.4, 0.5) is 4.79 Å². The van der Waals surface area contributed by atoms with Gasteiger partial charge in [-0.15, -0.1) is 0 Å². The van der Waals surface area contributed by atoms with Crippen LogP contribution in [-0.2, 0) is 17.4 Å². The lowest BCUT2D eigenvalue weighted by atomic mass is 9.87. The lowest BCUT2D eigenvalue weighted by Gasteiger charge is -2.35. The van der Waals surface area contributed by atoms with E-state index in [1.165, 1.54) is 0 Å². The first kappa shape index (κ1) is 17.7. The number of ether oxygens (including phenoxy) is 1. The molecule has 0 radical (unpaired) electrons. The molecule has 1 saturated heterocycles. The van der Waals surface area contributed by atoms with Crippen LogP contribution in [0.1, 0.15) is 58.7 Å². The second-order valence-corrected chi connectivity index (χ2v) is 9.02. The minimum Gasteiger partial charge on any atom is -0.444 e. The second-order valence-electron chi connectivity index (χ2n) is 8.20. The zero-order valence-electron chi connectivity index (χ0n) is 14.8. The van der Waals surface area contributed by atoms with E-state index in [1.54, 1.807) is 4.90 Å². The van der Waals surface area contributed by atoms with E-state index in [4.69, 9.17) is 4.74 Å². The van der Waals surface area contributed by atoms with Gasteiger partial charge in [0.05, 0.1) is 6.54 Å². The summed E-state index contributed by atoms with van der Waals surface area (Å²) in [6, 6.07) is 0. The Kier molecular flexibility index (Phi) is 4.23. The lowest BCUT2D eigenvalue weighted by molar-refractivity contribution is 0.00251. The van der Waals surface area contributed by atoms with Crippen molar-refractivity contribution in [3.8, 4) is 0 Å². The summed E-state index contributed by atoms with van der Waals surface area (Å²) in [5.41, 5.74) is -2.03. The van der Waals surface area contributed by atoms with Crippen LogP contribution in [-0.4, -0.2) is 43.3 Å². The minimum atomic E-state index is -1.15. The highest BCUT2D eigenvalue weighted by molar-refractivity contribution is 9.10. The molecule has 1 N–H and O–H groups in total. The maximum Gasteiger partial charge on any atom is 0.410 e. The summed E-state index contributed by atoms with van der Waals surface area (Å²) < 4.78 is 8.12. The number of nitrogens with zero attached hydrogens (tertiary/aromatic N) is 3. The van der Waals surface area contributed by atoms with Gasteiger partial charge in [-0.1, -0.05) is 12.8 Å². The lowest BCUT2D eigenvalue weighted by Crippen LogP contribution is -2.47. The molecule has 6 nitrogen and oxygen atoms in total. The van der Waals surface area contributed by atoms with Gasteiger partial charge in [0, 0.05) is 25.2 Å². The largest absolute Gasteiger partial charge is 0.444 e. The molecule has 1 atom stereocenters. The first-order valence-corrected chi connectivity index (χ1v) is 9.26. The van der Waals surface area contributed by atoms with E-state index in [0.717, 1.165) is 25.7 Å². The number of aliphatic hydroxyl groups is 1. The first-order valence-electron chi connectivity index (χ1n) is 8.47. The zero-order chi connectivity index (χ0) is 17.8. The number of hydrogen-bond donors (Lipinski definition) is 1. The molecule has 1 aliphatic carbocycles. The number of amides is 1. The van der Waals surface area contributed by atoms with Crippen molar-refractivity contribution in [2.24, 2.45) is 7.05 Å². The molecule has 1 spiro atoms. The van der Waals surface area contributed by atoms with Gasteiger partial charge in [0.15, 0.2) is 0 Å². The van der Waals surface area contributed by atoms with Gasteiger partial charge >= 0.3 is 6.09 Å². The van der Waals surface area contributed by atoms with Crippen molar-refractivity contribution in [1.82, 2.24) is 14.5 Å². The number of carbonyl (C=O) groups is 1. The van der Waals surface area contributed by atoms with Crippen LogP contribution in [0.2, 0.25) is 0 Å². The Morgan fingerprint density at radius 1 is 1.38 bits per heavy atom. The molecule has 1 amide bonds. The van der Waals surface area contributed by atoms with E-state index in [1.807, 2.05) is 38.6 Å². The fraction of sp³-hybridized carbons (Fsp3) is 0.765. The van der Waals surface area contributed by atoms with Crippen molar-refractivity contribution in [2.75, 3.05) is 6.54 Å². The predicted molar refractivity (Wildman–Crippen MR) is 93.6 cm³/mol. The van der Waals surface area contributed by atoms with Crippen molar-refractivity contribution >= 4 is 22.0 Å². The Balaban J connectivity index is 1.94. The number of hydrogen-bond acceptors (Lipinski definition) is 4. The van der Waals surface area contributed by atoms with E-state index in [2.05, 4.69) is 20.9 Å². The molecule has 3 rings (SSSR count). The molecule has 0 aromatic carbocycles. The number of carbonyl (C=O) groups excluding carboxylic acids is 1. The van der Waals surface area contributed by atoms with E-state index in [-0.39, 0.29) is 18.2 Å². The van der Waals surface area contributed by atoms with Crippen molar-refractivity contribution in [3.05, 3.63) is 16.6 Å². The van der Waals surface area contributed by atoms with Gasteiger partial charge in [-0.05, 0) is 49.5 Å². The number of β-amino-alcohol motifs (C(OH)–C–C–N with tert-alkyl or cyclic N) is 1. The summed E-state index contributed by atoms with van der Waals surface area (Å²) >= 11 is 3.36. The molecule has 1 aromatic rings. The Bertz CT molecular complexity index is 646. The molecule has 1 unspecified atom stereocenters. The highest BCUT2D eigenvalue weighted by Crippen LogP contribution is 2.50. The van der Waals surface area contributed by atoms with Gasteiger partial charge in [0.2, 0.25) is 0 Å². The molecule has 1 saturated carbocycles. The van der Waals surface area contributed by atoms with Gasteiger partial charge in [-0.25, -0.2) is 9.78 Å². The van der Waals surface area contributed by atoms with Crippen LogP contribution in [0.5, 0.6) is 0 Å². The van der Waals surface area contributed by atoms with Crippen LogP contribution in [0, 0.1) is 0 Å². The SMILES string of the molecule is Cn1cc(Br)nc1C1(O)CN(C(=O)OC(C)(C)C)C2(CCCC2)C1. The standard InChI is InChI=1S/C17H26BrN3O3/c1-15(2,3)24-14(22)21-11-17(23,10-16(21)7-5-6-8-16)13-19-12(18)9-20(13)4/h9,23H,5-8,10-11H2,1-4H3. The van der Waals surface area contributed by atoms with Crippen LogP contribution in [0.3, 0.4) is 0 Å². The summed E-state index contributed by atoms with van der Waals surface area (Å²) in [4.78, 5) is 19.0. The average Bonchev–Trinajstić information content (AvgIpc) is 3.09. The van der Waals surface area contributed by atoms with Gasteiger partial charge in [0.1, 0.15) is 21.6 Å². The molecular formula is C17H26BrN3O3. The maximum atomic E-state index is 12.8. The van der Waals surface area contributed by atoms with E-state index < -0.39 is 11.2 Å². The van der Waals surface area contributed by atoms with Crippen LogP contribution in [0.15, 0.2) is 10.8 Å². The fourth-order valence-electron chi connectivity index (χ4n) is 4.19. The van der Waals surface area contributed by atoms with E-state index >= 15 is 0 Å². The molecule has 7 heteroatoms. The third kappa shape index (κ3) is 3.08. The van der Waals surface area contributed by atoms with Crippen molar-refractivity contribution in [2.45, 2.75) is 69.6 Å². The third-order valence-electron chi connectivity index (χ3n) is 5.03. The zero-order valence-corrected chi connectivity index (χ0v) is 16.4. The molecule has 2 fully saturated rings.